The predicted octanol–water partition coefficient (Wildman–Crippen LogP) is 2.32. The quantitative estimate of drug-likeness (QED) is 0.906. The first-order valence-electron chi connectivity index (χ1n) is 5.51. The molecule has 2 aromatic carbocycles. The van der Waals surface area contributed by atoms with Crippen LogP contribution in [0.2, 0.25) is 0 Å². The average molecular weight is 295 g/mol. The molecule has 2 N–H and O–H groups in total. The van der Waals surface area contributed by atoms with Gasteiger partial charge in [-0.3, -0.25) is 4.72 Å². The summed E-state index contributed by atoms with van der Waals surface area (Å²) in [6.07, 6.45) is 0. The van der Waals surface area contributed by atoms with Crippen molar-refractivity contribution in [2.24, 2.45) is 0 Å². The van der Waals surface area contributed by atoms with Gasteiger partial charge in [-0.2, -0.15) is 0 Å². The second-order valence-corrected chi connectivity index (χ2v) is 5.57. The van der Waals surface area contributed by atoms with Crippen LogP contribution in [-0.2, 0) is 10.0 Å². The van der Waals surface area contributed by atoms with E-state index in [1.54, 1.807) is 6.07 Å². The first kappa shape index (κ1) is 14.0. The van der Waals surface area contributed by atoms with E-state index in [0.29, 0.717) is 0 Å². The number of carboxylic acids is 1. The number of hydrogen-bond acceptors (Lipinski definition) is 3. The fourth-order valence-corrected chi connectivity index (χ4v) is 2.71. The zero-order valence-electron chi connectivity index (χ0n) is 10.1. The lowest BCUT2D eigenvalue weighted by atomic mass is 10.2. The van der Waals surface area contributed by atoms with Crippen molar-refractivity contribution in [3.05, 3.63) is 59.9 Å². The molecule has 2 rings (SSSR count). The lowest BCUT2D eigenvalue weighted by Gasteiger charge is -2.11. The van der Waals surface area contributed by atoms with Gasteiger partial charge in [0.1, 0.15) is 5.82 Å². The van der Waals surface area contributed by atoms with Crippen LogP contribution in [0.1, 0.15) is 10.4 Å². The molecule has 20 heavy (non-hydrogen) atoms. The lowest BCUT2D eigenvalue weighted by molar-refractivity contribution is 0.0697. The first-order valence-corrected chi connectivity index (χ1v) is 7.00. The van der Waals surface area contributed by atoms with Crippen LogP contribution in [0.3, 0.4) is 0 Å². The van der Waals surface area contributed by atoms with Gasteiger partial charge in [0.25, 0.3) is 10.0 Å². The van der Waals surface area contributed by atoms with Gasteiger partial charge >= 0.3 is 5.97 Å². The third kappa shape index (κ3) is 2.77. The van der Waals surface area contributed by atoms with Crippen LogP contribution in [0.5, 0.6) is 0 Å². The summed E-state index contributed by atoms with van der Waals surface area (Å²) in [6.45, 7) is 0. The van der Waals surface area contributed by atoms with E-state index in [1.807, 2.05) is 4.72 Å². The molecule has 0 aliphatic rings. The van der Waals surface area contributed by atoms with Gasteiger partial charge in [0.15, 0.2) is 0 Å². The Balaban J connectivity index is 2.48. The van der Waals surface area contributed by atoms with Gasteiger partial charge in [-0.05, 0) is 24.3 Å². The van der Waals surface area contributed by atoms with Crippen molar-refractivity contribution in [3.63, 3.8) is 0 Å². The van der Waals surface area contributed by atoms with Gasteiger partial charge < -0.3 is 5.11 Å². The van der Waals surface area contributed by atoms with E-state index in [1.165, 1.54) is 30.3 Å². The minimum atomic E-state index is -4.05. The van der Waals surface area contributed by atoms with Crippen LogP contribution >= 0.6 is 0 Å². The van der Waals surface area contributed by atoms with Crippen molar-refractivity contribution < 1.29 is 22.7 Å². The highest BCUT2D eigenvalue weighted by Crippen LogP contribution is 2.23. The number of anilines is 1. The fourth-order valence-electron chi connectivity index (χ4n) is 1.60. The Kier molecular flexibility index (Phi) is 3.71. The number of para-hydroxylation sites is 1. The number of rotatable bonds is 4. The number of hydrogen-bond donors (Lipinski definition) is 2. The van der Waals surface area contributed by atoms with Crippen molar-refractivity contribution >= 4 is 21.7 Å². The maximum absolute atomic E-state index is 13.7. The molecule has 5 nitrogen and oxygen atoms in total. The molecule has 0 saturated heterocycles. The van der Waals surface area contributed by atoms with Gasteiger partial charge in [-0.1, -0.05) is 24.3 Å². The number of sulfonamides is 1. The zero-order valence-corrected chi connectivity index (χ0v) is 10.9. The van der Waals surface area contributed by atoms with E-state index >= 15 is 0 Å². The third-order valence-corrected chi connectivity index (χ3v) is 3.90. The molecule has 0 aliphatic heterocycles. The number of benzene rings is 2. The van der Waals surface area contributed by atoms with Gasteiger partial charge in [0, 0.05) is 0 Å². The Morgan fingerprint density at radius 3 is 2.30 bits per heavy atom. The van der Waals surface area contributed by atoms with E-state index in [4.69, 9.17) is 5.11 Å². The van der Waals surface area contributed by atoms with Crippen molar-refractivity contribution in [2.45, 2.75) is 4.90 Å². The topological polar surface area (TPSA) is 83.5 Å². The predicted molar refractivity (Wildman–Crippen MR) is 70.6 cm³/mol. The van der Waals surface area contributed by atoms with Crippen LogP contribution in [0.25, 0.3) is 0 Å². The lowest BCUT2D eigenvalue weighted by Crippen LogP contribution is -2.16. The maximum atomic E-state index is 13.7. The summed E-state index contributed by atoms with van der Waals surface area (Å²) >= 11 is 0. The summed E-state index contributed by atoms with van der Waals surface area (Å²) in [6, 6.07) is 10.6. The Hall–Kier alpha value is -2.41. The molecule has 0 heterocycles. The number of aromatic carboxylic acids is 1. The average Bonchev–Trinajstić information content (AvgIpc) is 2.41. The van der Waals surface area contributed by atoms with E-state index in [2.05, 4.69) is 0 Å². The fraction of sp³-hybridized carbons (Fsp3) is 0. The Bertz CT molecular complexity index is 744. The van der Waals surface area contributed by atoms with Crippen LogP contribution < -0.4 is 4.72 Å². The molecule has 0 aliphatic carbocycles. The Morgan fingerprint density at radius 1 is 1.05 bits per heavy atom. The molecular weight excluding hydrogens is 285 g/mol. The minimum absolute atomic E-state index is 0.0837. The van der Waals surface area contributed by atoms with Crippen LogP contribution in [-0.4, -0.2) is 19.5 Å². The van der Waals surface area contributed by atoms with E-state index in [-0.39, 0.29) is 4.90 Å². The van der Waals surface area contributed by atoms with Crippen molar-refractivity contribution in [1.29, 1.82) is 0 Å². The Labute approximate surface area is 114 Å². The van der Waals surface area contributed by atoms with E-state index < -0.39 is 33.1 Å². The molecule has 0 spiro atoms. The molecule has 0 radical (unpaired) electrons. The first-order chi connectivity index (χ1) is 9.42. The number of carbonyl (C=O) groups is 1. The SMILES string of the molecule is O=C(O)c1cccc(F)c1NS(=O)(=O)c1ccccc1. The summed E-state index contributed by atoms with van der Waals surface area (Å²) in [7, 11) is -4.05. The molecular formula is C13H10FNO4S. The molecule has 0 amide bonds. The van der Waals surface area contributed by atoms with Gasteiger partial charge in [0.2, 0.25) is 0 Å². The summed E-state index contributed by atoms with van der Waals surface area (Å²) < 4.78 is 39.8. The van der Waals surface area contributed by atoms with Crippen LogP contribution in [0.4, 0.5) is 10.1 Å². The summed E-state index contributed by atoms with van der Waals surface area (Å²) in [5.74, 6) is -2.38. The van der Waals surface area contributed by atoms with Gasteiger partial charge in [-0.25, -0.2) is 17.6 Å². The number of halogens is 1. The van der Waals surface area contributed by atoms with Crippen molar-refractivity contribution in [2.75, 3.05) is 4.72 Å². The maximum Gasteiger partial charge on any atom is 0.337 e. The number of nitrogens with one attached hydrogen (secondary N) is 1. The molecule has 7 heteroatoms. The second-order valence-electron chi connectivity index (χ2n) is 3.89. The summed E-state index contributed by atoms with van der Waals surface area (Å²) in [5.41, 5.74) is -1.03. The van der Waals surface area contributed by atoms with Gasteiger partial charge in [0.05, 0.1) is 16.1 Å². The van der Waals surface area contributed by atoms with Crippen molar-refractivity contribution in [3.8, 4) is 0 Å². The highest BCUT2D eigenvalue weighted by molar-refractivity contribution is 7.92. The Morgan fingerprint density at radius 2 is 1.70 bits per heavy atom. The third-order valence-electron chi connectivity index (χ3n) is 2.53. The van der Waals surface area contributed by atoms with Crippen molar-refractivity contribution in [1.82, 2.24) is 0 Å². The van der Waals surface area contributed by atoms with Crippen LogP contribution in [0, 0.1) is 5.82 Å². The monoisotopic (exact) mass is 295 g/mol. The molecule has 0 fully saturated rings. The summed E-state index contributed by atoms with van der Waals surface area (Å²) in [5, 5.41) is 8.96. The van der Waals surface area contributed by atoms with E-state index in [9.17, 15) is 17.6 Å². The van der Waals surface area contributed by atoms with Crippen LogP contribution in [0.15, 0.2) is 53.4 Å². The molecule has 0 saturated carbocycles. The smallest absolute Gasteiger partial charge is 0.337 e. The zero-order chi connectivity index (χ0) is 14.8. The second kappa shape index (κ2) is 5.30. The number of carboxylic acid groups (broad SMARTS) is 1. The normalized spacial score (nSPS) is 11.1. The molecule has 0 aromatic heterocycles. The highest BCUT2D eigenvalue weighted by Gasteiger charge is 2.21. The standard InChI is InChI=1S/C13H10FNO4S/c14-11-8-4-7-10(13(16)17)12(11)15-20(18,19)9-5-2-1-3-6-9/h1-8,15H,(H,16,17). The largest absolute Gasteiger partial charge is 0.478 e. The molecule has 2 aromatic rings. The molecule has 104 valence electrons. The highest BCUT2D eigenvalue weighted by atomic mass is 32.2. The molecule has 0 bridgehead atoms. The van der Waals surface area contributed by atoms with E-state index in [0.717, 1.165) is 12.1 Å². The minimum Gasteiger partial charge on any atom is -0.478 e. The molecule has 0 unspecified atom stereocenters. The molecule has 0 atom stereocenters. The summed E-state index contributed by atoms with van der Waals surface area (Å²) in [4.78, 5) is 10.9. The van der Waals surface area contributed by atoms with Gasteiger partial charge in [-0.15, -0.1) is 0 Å².